The van der Waals surface area contributed by atoms with Gasteiger partial charge in [0.2, 0.25) is 0 Å². The van der Waals surface area contributed by atoms with Gasteiger partial charge in [0.1, 0.15) is 5.75 Å². The Morgan fingerprint density at radius 2 is 1.94 bits per heavy atom. The maximum atomic E-state index is 10.4. The van der Waals surface area contributed by atoms with E-state index in [1.807, 2.05) is 24.3 Å². The molecule has 0 amide bonds. The summed E-state index contributed by atoms with van der Waals surface area (Å²) in [4.78, 5) is 11.5. The van der Waals surface area contributed by atoms with Crippen LogP contribution in [0, 0.1) is 0 Å². The summed E-state index contributed by atoms with van der Waals surface area (Å²) >= 11 is 1.46. The fraction of sp³-hybridized carbons (Fsp3) is 0.0833. The zero-order valence-corrected chi connectivity index (χ0v) is 9.49. The second-order valence-electron chi connectivity index (χ2n) is 3.05. The van der Waals surface area contributed by atoms with Crippen LogP contribution in [0.25, 0.3) is 0 Å². The molecule has 0 aliphatic carbocycles. The fourth-order valence-corrected chi connectivity index (χ4v) is 1.99. The predicted molar refractivity (Wildman–Crippen MR) is 61.2 cm³/mol. The van der Waals surface area contributed by atoms with Crippen LogP contribution in [0.4, 0.5) is 0 Å². The van der Waals surface area contributed by atoms with Crippen molar-refractivity contribution in [2.24, 2.45) is 0 Å². The minimum Gasteiger partial charge on any atom is -0.497 e. The van der Waals surface area contributed by atoms with Gasteiger partial charge >= 0.3 is 0 Å². The molecular weight excluding hydrogens is 224 g/mol. The van der Waals surface area contributed by atoms with Crippen LogP contribution in [0.15, 0.2) is 50.8 Å². The molecule has 0 fully saturated rings. The third-order valence-electron chi connectivity index (χ3n) is 2.00. The number of hydrogen-bond acceptors (Lipinski definition) is 4. The molecule has 0 aliphatic heterocycles. The van der Waals surface area contributed by atoms with Gasteiger partial charge in [-0.3, -0.25) is 4.79 Å². The van der Waals surface area contributed by atoms with Gasteiger partial charge < -0.3 is 9.15 Å². The van der Waals surface area contributed by atoms with E-state index in [2.05, 4.69) is 0 Å². The molecule has 2 aromatic rings. The Morgan fingerprint density at radius 1 is 1.19 bits per heavy atom. The van der Waals surface area contributed by atoms with Crippen LogP contribution < -0.4 is 4.74 Å². The van der Waals surface area contributed by atoms with E-state index in [0.29, 0.717) is 17.1 Å². The summed E-state index contributed by atoms with van der Waals surface area (Å²) in [5, 5.41) is 0.701. The lowest BCUT2D eigenvalue weighted by molar-refractivity contribution is 0.109. The number of carbonyl (C=O) groups is 1. The van der Waals surface area contributed by atoms with E-state index >= 15 is 0 Å². The molecule has 0 saturated carbocycles. The Balaban J connectivity index is 2.10. The smallest absolute Gasteiger partial charge is 0.185 e. The molecule has 0 radical (unpaired) electrons. The lowest BCUT2D eigenvalue weighted by atomic mass is 10.3. The first-order chi connectivity index (χ1) is 7.81. The van der Waals surface area contributed by atoms with Gasteiger partial charge in [-0.1, -0.05) is 11.8 Å². The summed E-state index contributed by atoms with van der Waals surface area (Å²) in [6.45, 7) is 0. The fourth-order valence-electron chi connectivity index (χ4n) is 1.21. The van der Waals surface area contributed by atoms with Crippen LogP contribution >= 0.6 is 11.8 Å². The summed E-state index contributed by atoms with van der Waals surface area (Å²) in [5.74, 6) is 1.16. The summed E-state index contributed by atoms with van der Waals surface area (Å²) in [6, 6.07) is 11.1. The molecule has 16 heavy (non-hydrogen) atoms. The molecule has 1 aromatic carbocycles. The highest BCUT2D eigenvalue weighted by atomic mass is 32.2. The van der Waals surface area contributed by atoms with Gasteiger partial charge in [0.05, 0.1) is 7.11 Å². The topological polar surface area (TPSA) is 39.4 Å². The number of benzene rings is 1. The second-order valence-corrected chi connectivity index (χ2v) is 4.13. The van der Waals surface area contributed by atoms with Gasteiger partial charge in [0.15, 0.2) is 17.1 Å². The molecule has 0 N–H and O–H groups in total. The molecule has 3 nitrogen and oxygen atoms in total. The first-order valence-electron chi connectivity index (χ1n) is 4.69. The highest BCUT2D eigenvalue weighted by Crippen LogP contribution is 2.29. The van der Waals surface area contributed by atoms with Crippen molar-refractivity contribution < 1.29 is 13.9 Å². The highest BCUT2D eigenvalue weighted by Gasteiger charge is 2.03. The summed E-state index contributed by atoms with van der Waals surface area (Å²) in [6.07, 6.45) is 0.693. The average Bonchev–Trinajstić information content (AvgIpc) is 2.78. The molecule has 0 bridgehead atoms. The van der Waals surface area contributed by atoms with Gasteiger partial charge in [0.25, 0.3) is 0 Å². The van der Waals surface area contributed by atoms with Crippen LogP contribution in [-0.4, -0.2) is 13.4 Å². The van der Waals surface area contributed by atoms with E-state index in [0.717, 1.165) is 10.6 Å². The molecule has 82 valence electrons. The maximum absolute atomic E-state index is 10.4. The van der Waals surface area contributed by atoms with E-state index in [1.54, 1.807) is 19.2 Å². The number of hydrogen-bond donors (Lipinski definition) is 0. The van der Waals surface area contributed by atoms with Crippen LogP contribution in [-0.2, 0) is 0 Å². The number of methoxy groups -OCH3 is 1. The Bertz CT molecular complexity index is 473. The molecule has 1 heterocycles. The van der Waals surface area contributed by atoms with Crippen molar-refractivity contribution in [1.29, 1.82) is 0 Å². The van der Waals surface area contributed by atoms with Crippen LogP contribution in [0.5, 0.6) is 5.75 Å². The number of furan rings is 1. The van der Waals surface area contributed by atoms with Crippen molar-refractivity contribution in [1.82, 2.24) is 0 Å². The molecule has 0 saturated heterocycles. The van der Waals surface area contributed by atoms with Crippen molar-refractivity contribution in [3.8, 4) is 5.75 Å². The Morgan fingerprint density at radius 3 is 2.50 bits per heavy atom. The zero-order valence-electron chi connectivity index (χ0n) is 8.67. The first kappa shape index (κ1) is 10.8. The monoisotopic (exact) mass is 234 g/mol. The van der Waals surface area contributed by atoms with Crippen LogP contribution in [0.2, 0.25) is 0 Å². The SMILES string of the molecule is COc1ccc(Sc2ccc(C=O)o2)cc1. The van der Waals surface area contributed by atoms with E-state index in [4.69, 9.17) is 9.15 Å². The Labute approximate surface area is 97.4 Å². The lowest BCUT2D eigenvalue weighted by Gasteiger charge is -2.00. The molecule has 0 aliphatic rings. The van der Waals surface area contributed by atoms with E-state index in [-0.39, 0.29) is 0 Å². The van der Waals surface area contributed by atoms with Crippen molar-refractivity contribution in [3.63, 3.8) is 0 Å². The van der Waals surface area contributed by atoms with E-state index in [9.17, 15) is 4.79 Å². The molecule has 4 heteroatoms. The third-order valence-corrected chi connectivity index (χ3v) is 2.92. The summed E-state index contributed by atoms with van der Waals surface area (Å²) in [5.41, 5.74) is 0. The largest absolute Gasteiger partial charge is 0.497 e. The van der Waals surface area contributed by atoms with Crippen molar-refractivity contribution in [2.75, 3.05) is 7.11 Å². The number of aldehydes is 1. The Kier molecular flexibility index (Phi) is 3.31. The van der Waals surface area contributed by atoms with Crippen LogP contribution in [0.3, 0.4) is 0 Å². The molecule has 0 atom stereocenters. The van der Waals surface area contributed by atoms with Crippen molar-refractivity contribution >= 4 is 18.0 Å². The van der Waals surface area contributed by atoms with Crippen molar-refractivity contribution in [3.05, 3.63) is 42.2 Å². The molecular formula is C12H10O3S. The van der Waals surface area contributed by atoms with Gasteiger partial charge in [-0.2, -0.15) is 0 Å². The quantitative estimate of drug-likeness (QED) is 0.761. The first-order valence-corrected chi connectivity index (χ1v) is 5.50. The third kappa shape index (κ3) is 2.46. The normalized spacial score (nSPS) is 10.1. The average molecular weight is 234 g/mol. The minimum absolute atomic E-state index is 0.344. The van der Waals surface area contributed by atoms with Gasteiger partial charge in [-0.15, -0.1) is 0 Å². The maximum Gasteiger partial charge on any atom is 0.185 e. The molecule has 1 aromatic heterocycles. The van der Waals surface area contributed by atoms with E-state index < -0.39 is 0 Å². The lowest BCUT2D eigenvalue weighted by Crippen LogP contribution is -1.80. The Hall–Kier alpha value is -1.68. The molecule has 0 unspecified atom stereocenters. The van der Waals surface area contributed by atoms with Gasteiger partial charge in [0, 0.05) is 4.90 Å². The number of carbonyl (C=O) groups excluding carboxylic acids is 1. The minimum atomic E-state index is 0.344. The highest BCUT2D eigenvalue weighted by molar-refractivity contribution is 7.99. The molecule has 0 spiro atoms. The van der Waals surface area contributed by atoms with Crippen molar-refractivity contribution in [2.45, 2.75) is 9.99 Å². The van der Waals surface area contributed by atoms with Gasteiger partial charge in [-0.05, 0) is 36.4 Å². The zero-order chi connectivity index (χ0) is 11.4. The molecule has 2 rings (SSSR count). The number of rotatable bonds is 4. The second kappa shape index (κ2) is 4.90. The predicted octanol–water partition coefficient (Wildman–Crippen LogP) is 3.25. The van der Waals surface area contributed by atoms with E-state index in [1.165, 1.54) is 11.8 Å². The standard InChI is InChI=1S/C12H10O3S/c1-14-9-2-5-11(6-3-9)16-12-7-4-10(8-13)15-12/h2-8H,1H3. The summed E-state index contributed by atoms with van der Waals surface area (Å²) in [7, 11) is 1.63. The number of ether oxygens (including phenoxy) is 1. The van der Waals surface area contributed by atoms with Gasteiger partial charge in [-0.25, -0.2) is 0 Å². The van der Waals surface area contributed by atoms with Crippen LogP contribution in [0.1, 0.15) is 10.6 Å². The summed E-state index contributed by atoms with van der Waals surface area (Å²) < 4.78 is 10.3.